The minimum absolute atomic E-state index is 0.0602. The van der Waals surface area contributed by atoms with Gasteiger partial charge in [-0.2, -0.15) is 0 Å². The van der Waals surface area contributed by atoms with Crippen molar-refractivity contribution in [3.8, 4) is 0 Å². The smallest absolute Gasteiger partial charge is 0.0908 e. The molecular formula is C5H10Cl2Si. The Kier molecular flexibility index (Phi) is 6.05. The van der Waals surface area contributed by atoms with Crippen molar-refractivity contribution < 1.29 is 0 Å². The van der Waals surface area contributed by atoms with Gasteiger partial charge in [-0.15, -0.1) is 29.8 Å². The van der Waals surface area contributed by atoms with Gasteiger partial charge in [0, 0.05) is 0 Å². The first kappa shape index (κ1) is 8.54. The van der Waals surface area contributed by atoms with Crippen molar-refractivity contribution >= 4 is 32.7 Å². The second-order valence-corrected chi connectivity index (χ2v) is 6.02. The molecule has 0 aliphatic rings. The molecule has 3 heteroatoms. The summed E-state index contributed by atoms with van der Waals surface area (Å²) >= 11 is 11.0. The van der Waals surface area contributed by atoms with Crippen LogP contribution in [0, 0.1) is 0 Å². The van der Waals surface area contributed by atoms with Crippen molar-refractivity contribution in [3.63, 3.8) is 0 Å². The quantitative estimate of drug-likeness (QED) is 0.261. The summed E-state index contributed by atoms with van der Waals surface area (Å²) in [6, 6.07) is 1.18. The first-order chi connectivity index (χ1) is 3.77. The first-order valence-electron chi connectivity index (χ1n) is 2.66. The first-order valence-corrected chi connectivity index (χ1v) is 5.35. The van der Waals surface area contributed by atoms with E-state index in [9.17, 15) is 0 Å². The van der Waals surface area contributed by atoms with Gasteiger partial charge in [-0.25, -0.2) is 0 Å². The van der Waals surface area contributed by atoms with E-state index >= 15 is 0 Å². The monoisotopic (exact) mass is 168 g/mol. The van der Waals surface area contributed by atoms with Gasteiger partial charge in [0.1, 0.15) is 0 Å². The Morgan fingerprint density at radius 1 is 1.62 bits per heavy atom. The molecule has 0 aliphatic heterocycles. The Labute approximate surface area is 62.7 Å². The van der Waals surface area contributed by atoms with E-state index in [0.29, 0.717) is 0 Å². The lowest BCUT2D eigenvalue weighted by molar-refractivity contribution is 1.20. The highest BCUT2D eigenvalue weighted by atomic mass is 35.5. The van der Waals surface area contributed by atoms with Crippen molar-refractivity contribution in [2.24, 2.45) is 0 Å². The van der Waals surface area contributed by atoms with Gasteiger partial charge >= 0.3 is 0 Å². The molecule has 0 aliphatic carbocycles. The van der Waals surface area contributed by atoms with Gasteiger partial charge in [0.25, 0.3) is 0 Å². The highest BCUT2D eigenvalue weighted by Crippen LogP contribution is 2.02. The van der Waals surface area contributed by atoms with E-state index in [0.717, 1.165) is 6.42 Å². The molecule has 0 N–H and O–H groups in total. The normalized spacial score (nSPS) is 11.4. The van der Waals surface area contributed by atoms with Gasteiger partial charge in [-0.1, -0.05) is 12.1 Å². The number of alkyl halides is 2. The zero-order valence-electron chi connectivity index (χ0n) is 4.74. The van der Waals surface area contributed by atoms with Crippen LogP contribution in [0.1, 0.15) is 6.42 Å². The van der Waals surface area contributed by atoms with Gasteiger partial charge in [0.05, 0.1) is 14.0 Å². The molecule has 0 unspecified atom stereocenters. The molecule has 0 aromatic carbocycles. The summed E-state index contributed by atoms with van der Waals surface area (Å²) in [5, 5.41) is 0. The SMILES string of the molecule is C=CCC[SiH2]C(Cl)Cl. The molecule has 0 saturated heterocycles. The van der Waals surface area contributed by atoms with E-state index in [1.54, 1.807) is 0 Å². The third-order valence-electron chi connectivity index (χ3n) is 0.831. The van der Waals surface area contributed by atoms with Gasteiger partial charge in [0.2, 0.25) is 0 Å². The number of rotatable bonds is 4. The van der Waals surface area contributed by atoms with E-state index < -0.39 is 0 Å². The molecule has 0 atom stereocenters. The summed E-state index contributed by atoms with van der Waals surface area (Å²) in [6.07, 6.45) is 2.98. The van der Waals surface area contributed by atoms with Crippen LogP contribution < -0.4 is 0 Å². The van der Waals surface area contributed by atoms with E-state index in [2.05, 4.69) is 6.58 Å². The molecular weight excluding hydrogens is 159 g/mol. The highest BCUT2D eigenvalue weighted by Gasteiger charge is 1.95. The Morgan fingerprint density at radius 3 is 2.62 bits per heavy atom. The predicted molar refractivity (Wildman–Crippen MR) is 43.7 cm³/mol. The zero-order chi connectivity index (χ0) is 6.41. The molecule has 0 nitrogen and oxygen atoms in total. The molecule has 0 radical (unpaired) electrons. The summed E-state index contributed by atoms with van der Waals surface area (Å²) in [5.41, 5.74) is 0. The molecule has 0 saturated carbocycles. The number of halogens is 2. The van der Waals surface area contributed by atoms with Crippen molar-refractivity contribution in [2.45, 2.75) is 16.9 Å². The lowest BCUT2D eigenvalue weighted by atomic mass is 10.5. The summed E-state index contributed by atoms with van der Waals surface area (Å²) in [4.78, 5) is 0. The standard InChI is InChI=1S/C5H10Cl2Si/c1-2-3-4-8-5(6)7/h2,5H,1,3-4,8H2. The number of hydrogen-bond acceptors (Lipinski definition) is 0. The van der Waals surface area contributed by atoms with Gasteiger partial charge in [-0.3, -0.25) is 0 Å². The van der Waals surface area contributed by atoms with Crippen LogP contribution in [-0.2, 0) is 0 Å². The molecule has 0 bridgehead atoms. The Bertz CT molecular complexity index is 63.4. The van der Waals surface area contributed by atoms with Crippen molar-refractivity contribution in [1.82, 2.24) is 0 Å². The van der Waals surface area contributed by atoms with Crippen LogP contribution in [0.3, 0.4) is 0 Å². The minimum atomic E-state index is -0.205. The van der Waals surface area contributed by atoms with Gasteiger partial charge in [0.15, 0.2) is 0 Å². The molecule has 8 heavy (non-hydrogen) atoms. The van der Waals surface area contributed by atoms with E-state index in [1.165, 1.54) is 6.04 Å². The highest BCUT2D eigenvalue weighted by molar-refractivity contribution is 6.68. The Balaban J connectivity index is 2.81. The molecule has 0 heterocycles. The fraction of sp³-hybridized carbons (Fsp3) is 0.600. The van der Waals surface area contributed by atoms with Crippen LogP contribution in [0.25, 0.3) is 0 Å². The van der Waals surface area contributed by atoms with Gasteiger partial charge in [-0.05, 0) is 6.42 Å². The predicted octanol–water partition coefficient (Wildman–Crippen LogP) is 1.91. The van der Waals surface area contributed by atoms with Crippen LogP contribution in [0.5, 0.6) is 0 Å². The zero-order valence-corrected chi connectivity index (χ0v) is 7.67. The molecule has 0 aromatic heterocycles. The summed E-state index contributed by atoms with van der Waals surface area (Å²) < 4.78 is -0.0602. The maximum Gasteiger partial charge on any atom is 0.0908 e. The Hall–Kier alpha value is 0.537. The van der Waals surface area contributed by atoms with Crippen LogP contribution in [0.2, 0.25) is 6.04 Å². The molecule has 0 aromatic rings. The number of allylic oxidation sites excluding steroid dienone is 1. The summed E-state index contributed by atoms with van der Waals surface area (Å²) in [6.45, 7) is 3.59. The van der Waals surface area contributed by atoms with Crippen LogP contribution >= 0.6 is 23.2 Å². The third-order valence-corrected chi connectivity index (χ3v) is 3.39. The molecule has 0 spiro atoms. The molecule has 48 valence electrons. The topological polar surface area (TPSA) is 0 Å². The fourth-order valence-corrected chi connectivity index (χ4v) is 2.18. The summed E-state index contributed by atoms with van der Waals surface area (Å²) in [5.74, 6) is 0. The Morgan fingerprint density at radius 2 is 2.25 bits per heavy atom. The lowest BCUT2D eigenvalue weighted by Crippen LogP contribution is -1.98. The van der Waals surface area contributed by atoms with Crippen molar-refractivity contribution in [1.29, 1.82) is 0 Å². The second-order valence-electron chi connectivity index (χ2n) is 1.61. The van der Waals surface area contributed by atoms with Crippen molar-refractivity contribution in [2.75, 3.05) is 0 Å². The maximum atomic E-state index is 5.51. The molecule has 0 fully saturated rings. The molecule has 0 amide bonds. The lowest BCUT2D eigenvalue weighted by Gasteiger charge is -1.93. The maximum absolute atomic E-state index is 5.51. The number of hydrogen-bond donors (Lipinski definition) is 0. The van der Waals surface area contributed by atoms with Crippen molar-refractivity contribution in [3.05, 3.63) is 12.7 Å². The average molecular weight is 169 g/mol. The minimum Gasteiger partial charge on any atom is -0.110 e. The van der Waals surface area contributed by atoms with E-state index in [1.807, 2.05) is 6.08 Å². The van der Waals surface area contributed by atoms with Crippen LogP contribution in [-0.4, -0.2) is 14.0 Å². The van der Waals surface area contributed by atoms with Crippen LogP contribution in [0.4, 0.5) is 0 Å². The van der Waals surface area contributed by atoms with Gasteiger partial charge < -0.3 is 0 Å². The third kappa shape index (κ3) is 6.54. The second kappa shape index (κ2) is 5.67. The van der Waals surface area contributed by atoms with E-state index in [-0.39, 0.29) is 14.0 Å². The fourth-order valence-electron chi connectivity index (χ4n) is 0.416. The molecule has 0 rings (SSSR count). The van der Waals surface area contributed by atoms with Crippen LogP contribution in [0.15, 0.2) is 12.7 Å². The summed E-state index contributed by atoms with van der Waals surface area (Å²) in [7, 11) is -0.205. The van der Waals surface area contributed by atoms with E-state index in [4.69, 9.17) is 23.2 Å². The average Bonchev–Trinajstić information content (AvgIpc) is 1.66. The largest absolute Gasteiger partial charge is 0.110 e.